The first-order valence-corrected chi connectivity index (χ1v) is 6.95. The molecule has 1 unspecified atom stereocenters. The summed E-state index contributed by atoms with van der Waals surface area (Å²) in [5, 5.41) is 0.0983. The van der Waals surface area contributed by atoms with E-state index in [0.29, 0.717) is 18.1 Å². The van der Waals surface area contributed by atoms with Gasteiger partial charge in [-0.05, 0) is 17.7 Å². The molecule has 0 saturated heterocycles. The molecule has 19 heavy (non-hydrogen) atoms. The number of benzene rings is 2. The first kappa shape index (κ1) is 14.2. The van der Waals surface area contributed by atoms with Crippen molar-refractivity contribution in [2.45, 2.75) is 5.92 Å². The topological polar surface area (TPSA) is 9.23 Å². The van der Waals surface area contributed by atoms with Gasteiger partial charge in [0.1, 0.15) is 11.6 Å². The molecule has 2 aromatic rings. The molecule has 2 aromatic carbocycles. The van der Waals surface area contributed by atoms with E-state index in [1.165, 1.54) is 12.1 Å². The Hall–Kier alpha value is -1.19. The molecule has 4 heteroatoms. The van der Waals surface area contributed by atoms with E-state index < -0.39 is 5.82 Å². The lowest BCUT2D eigenvalue weighted by Gasteiger charge is -2.16. The maximum absolute atomic E-state index is 13.3. The fourth-order valence-corrected chi connectivity index (χ4v) is 2.18. The zero-order valence-electron chi connectivity index (χ0n) is 10.2. The van der Waals surface area contributed by atoms with Crippen molar-refractivity contribution in [3.8, 4) is 5.75 Å². The minimum atomic E-state index is -0.471. The Morgan fingerprint density at radius 1 is 1.16 bits per heavy atom. The van der Waals surface area contributed by atoms with Gasteiger partial charge in [-0.15, -0.1) is 0 Å². The first-order chi connectivity index (χ1) is 9.20. The molecule has 0 fully saturated rings. The average Bonchev–Trinajstić information content (AvgIpc) is 2.44. The molecular formula is C15H14ClFOS. The van der Waals surface area contributed by atoms with Crippen LogP contribution in [-0.2, 0) is 0 Å². The van der Waals surface area contributed by atoms with Gasteiger partial charge < -0.3 is 4.74 Å². The largest absolute Gasteiger partial charge is 0.493 e. The Morgan fingerprint density at radius 3 is 2.53 bits per heavy atom. The van der Waals surface area contributed by atoms with Crippen LogP contribution in [0.4, 0.5) is 4.39 Å². The van der Waals surface area contributed by atoms with E-state index in [0.717, 1.165) is 5.56 Å². The standard InChI is InChI=1S/C15H14ClFOS/c16-14-7-6-13(8-15(14)17)18-9-12(10-19)11-4-2-1-3-5-11/h1-8,12,19H,9-10H2. The van der Waals surface area contributed by atoms with E-state index in [2.05, 4.69) is 12.6 Å². The van der Waals surface area contributed by atoms with Gasteiger partial charge in [-0.3, -0.25) is 0 Å². The SMILES string of the molecule is Fc1cc(OCC(CS)c2ccccc2)ccc1Cl. The van der Waals surface area contributed by atoms with Crippen LogP contribution in [0.2, 0.25) is 5.02 Å². The molecule has 1 atom stereocenters. The summed E-state index contributed by atoms with van der Waals surface area (Å²) >= 11 is 9.96. The van der Waals surface area contributed by atoms with Crippen LogP contribution in [0.5, 0.6) is 5.75 Å². The highest BCUT2D eigenvalue weighted by molar-refractivity contribution is 7.80. The summed E-state index contributed by atoms with van der Waals surface area (Å²) in [5.41, 5.74) is 1.16. The monoisotopic (exact) mass is 296 g/mol. The van der Waals surface area contributed by atoms with E-state index in [1.807, 2.05) is 30.3 Å². The van der Waals surface area contributed by atoms with E-state index >= 15 is 0 Å². The van der Waals surface area contributed by atoms with Gasteiger partial charge in [-0.2, -0.15) is 12.6 Å². The van der Waals surface area contributed by atoms with Crippen molar-refractivity contribution in [3.63, 3.8) is 0 Å². The number of rotatable bonds is 5. The number of thiol groups is 1. The van der Waals surface area contributed by atoms with Crippen LogP contribution in [0.1, 0.15) is 11.5 Å². The maximum Gasteiger partial charge on any atom is 0.145 e. The molecule has 0 aliphatic carbocycles. The lowest BCUT2D eigenvalue weighted by atomic mass is 10.0. The van der Waals surface area contributed by atoms with Crippen LogP contribution in [0.15, 0.2) is 48.5 Å². The van der Waals surface area contributed by atoms with Gasteiger partial charge in [0, 0.05) is 17.7 Å². The molecule has 0 heterocycles. The molecule has 0 aliphatic heterocycles. The summed E-state index contributed by atoms with van der Waals surface area (Å²) in [6, 6.07) is 14.4. The number of hydrogen-bond donors (Lipinski definition) is 1. The van der Waals surface area contributed by atoms with Crippen LogP contribution in [0.25, 0.3) is 0 Å². The van der Waals surface area contributed by atoms with Crippen molar-refractivity contribution in [1.29, 1.82) is 0 Å². The molecule has 0 bridgehead atoms. The zero-order valence-corrected chi connectivity index (χ0v) is 11.9. The molecule has 0 radical (unpaired) electrons. The molecule has 0 amide bonds. The third-order valence-corrected chi connectivity index (χ3v) is 3.58. The number of hydrogen-bond acceptors (Lipinski definition) is 2. The maximum atomic E-state index is 13.3. The molecule has 100 valence electrons. The Balaban J connectivity index is 2.02. The summed E-state index contributed by atoms with van der Waals surface area (Å²) in [6.07, 6.45) is 0. The molecule has 0 spiro atoms. The molecule has 0 saturated carbocycles. The van der Waals surface area contributed by atoms with Crippen molar-refractivity contribution in [1.82, 2.24) is 0 Å². The zero-order chi connectivity index (χ0) is 13.7. The Bertz CT molecular complexity index is 533. The van der Waals surface area contributed by atoms with Crippen molar-refractivity contribution in [2.75, 3.05) is 12.4 Å². The van der Waals surface area contributed by atoms with E-state index in [9.17, 15) is 4.39 Å². The second-order valence-corrected chi connectivity index (χ2v) is 4.95. The Kier molecular flexibility index (Phi) is 5.11. The lowest BCUT2D eigenvalue weighted by Crippen LogP contribution is -2.12. The molecule has 0 N–H and O–H groups in total. The summed E-state index contributed by atoms with van der Waals surface area (Å²) in [7, 11) is 0. The molecule has 0 aliphatic rings. The smallest absolute Gasteiger partial charge is 0.145 e. The summed E-state index contributed by atoms with van der Waals surface area (Å²) in [5.74, 6) is 0.842. The van der Waals surface area contributed by atoms with Crippen molar-refractivity contribution >= 4 is 24.2 Å². The fraction of sp³-hybridized carbons (Fsp3) is 0.200. The summed E-state index contributed by atoms with van der Waals surface area (Å²) in [6.45, 7) is 0.453. The van der Waals surface area contributed by atoms with Gasteiger partial charge in [0.25, 0.3) is 0 Å². The van der Waals surface area contributed by atoms with Crippen molar-refractivity contribution in [2.24, 2.45) is 0 Å². The number of halogens is 2. The van der Waals surface area contributed by atoms with Crippen LogP contribution in [0.3, 0.4) is 0 Å². The Labute approximate surface area is 122 Å². The predicted molar refractivity (Wildman–Crippen MR) is 79.9 cm³/mol. The highest BCUT2D eigenvalue weighted by Gasteiger charge is 2.11. The highest BCUT2D eigenvalue weighted by Crippen LogP contribution is 2.23. The minimum absolute atomic E-state index is 0.0983. The third kappa shape index (κ3) is 3.88. The van der Waals surface area contributed by atoms with Gasteiger partial charge in [0.2, 0.25) is 0 Å². The van der Waals surface area contributed by atoms with E-state index in [4.69, 9.17) is 16.3 Å². The van der Waals surface area contributed by atoms with Gasteiger partial charge in [-0.1, -0.05) is 41.9 Å². The van der Waals surface area contributed by atoms with Gasteiger partial charge in [0.15, 0.2) is 0 Å². The van der Waals surface area contributed by atoms with Crippen LogP contribution in [-0.4, -0.2) is 12.4 Å². The minimum Gasteiger partial charge on any atom is -0.493 e. The van der Waals surface area contributed by atoms with E-state index in [-0.39, 0.29) is 10.9 Å². The third-order valence-electron chi connectivity index (χ3n) is 2.83. The van der Waals surface area contributed by atoms with Gasteiger partial charge >= 0.3 is 0 Å². The van der Waals surface area contributed by atoms with Crippen LogP contribution in [0, 0.1) is 5.82 Å². The van der Waals surface area contributed by atoms with Crippen LogP contribution >= 0.6 is 24.2 Å². The number of ether oxygens (including phenoxy) is 1. The quantitative estimate of drug-likeness (QED) is 0.795. The molecule has 0 aromatic heterocycles. The second-order valence-electron chi connectivity index (χ2n) is 4.18. The first-order valence-electron chi connectivity index (χ1n) is 5.94. The van der Waals surface area contributed by atoms with Crippen molar-refractivity contribution < 1.29 is 9.13 Å². The normalized spacial score (nSPS) is 12.2. The van der Waals surface area contributed by atoms with Crippen molar-refractivity contribution in [3.05, 3.63) is 64.9 Å². The highest BCUT2D eigenvalue weighted by atomic mass is 35.5. The molecule has 2 rings (SSSR count). The molecule has 1 nitrogen and oxygen atoms in total. The second kappa shape index (κ2) is 6.83. The van der Waals surface area contributed by atoms with Crippen LogP contribution < -0.4 is 4.74 Å². The lowest BCUT2D eigenvalue weighted by molar-refractivity contribution is 0.296. The average molecular weight is 297 g/mol. The predicted octanol–water partition coefficient (Wildman–Crippen LogP) is 4.57. The summed E-state index contributed by atoms with van der Waals surface area (Å²) in [4.78, 5) is 0. The van der Waals surface area contributed by atoms with Gasteiger partial charge in [0.05, 0.1) is 11.6 Å². The van der Waals surface area contributed by atoms with E-state index in [1.54, 1.807) is 6.07 Å². The van der Waals surface area contributed by atoms with Gasteiger partial charge in [-0.25, -0.2) is 4.39 Å². The fourth-order valence-electron chi connectivity index (χ4n) is 1.74. The Morgan fingerprint density at radius 2 is 1.89 bits per heavy atom. The summed E-state index contributed by atoms with van der Waals surface area (Å²) < 4.78 is 18.9. The molecular weight excluding hydrogens is 283 g/mol.